The third-order valence-electron chi connectivity index (χ3n) is 2.83. The Labute approximate surface area is 119 Å². The minimum atomic E-state index is -0.0874. The van der Waals surface area contributed by atoms with E-state index in [1.807, 2.05) is 11.4 Å². The lowest BCUT2D eigenvalue weighted by Gasteiger charge is -2.10. The molecular formula is C14H11ClO3S. The quantitative estimate of drug-likeness (QED) is 0.791. The van der Waals surface area contributed by atoms with Crippen LogP contribution in [0.4, 0.5) is 0 Å². The number of thiophene rings is 1. The summed E-state index contributed by atoms with van der Waals surface area (Å²) in [4.78, 5) is 13.0. The second-order valence-electron chi connectivity index (χ2n) is 4.14. The Hall–Kier alpha value is -1.52. The molecule has 0 fully saturated rings. The predicted molar refractivity (Wildman–Crippen MR) is 74.8 cm³/mol. The summed E-state index contributed by atoms with van der Waals surface area (Å²) in [6.45, 7) is 1.18. The van der Waals surface area contributed by atoms with E-state index >= 15 is 0 Å². The van der Waals surface area contributed by atoms with Crippen LogP contribution in [0.2, 0.25) is 5.02 Å². The summed E-state index contributed by atoms with van der Waals surface area (Å²) in [5.74, 6) is 1.10. The van der Waals surface area contributed by atoms with Crippen molar-refractivity contribution < 1.29 is 14.3 Å². The summed E-state index contributed by atoms with van der Waals surface area (Å²) >= 11 is 7.57. The molecule has 0 N–H and O–H groups in total. The summed E-state index contributed by atoms with van der Waals surface area (Å²) in [7, 11) is 0. The first-order valence-electron chi connectivity index (χ1n) is 5.93. The molecular weight excluding hydrogens is 284 g/mol. The number of benzene rings is 1. The molecule has 0 bridgehead atoms. The van der Waals surface area contributed by atoms with Crippen LogP contribution >= 0.6 is 22.9 Å². The predicted octanol–water partition coefficient (Wildman–Crippen LogP) is 3.79. The van der Waals surface area contributed by atoms with E-state index in [9.17, 15) is 4.79 Å². The van der Waals surface area contributed by atoms with Gasteiger partial charge in [-0.2, -0.15) is 0 Å². The minimum absolute atomic E-state index is 0.0874. The van der Waals surface area contributed by atoms with Crippen molar-refractivity contribution in [1.82, 2.24) is 0 Å². The van der Waals surface area contributed by atoms with Crippen LogP contribution in [-0.2, 0) is 0 Å². The molecule has 0 saturated heterocycles. The Morgan fingerprint density at radius 1 is 1.21 bits per heavy atom. The van der Waals surface area contributed by atoms with E-state index in [0.717, 1.165) is 6.42 Å². The van der Waals surface area contributed by atoms with Gasteiger partial charge in [0, 0.05) is 18.1 Å². The molecule has 5 heteroatoms. The zero-order valence-electron chi connectivity index (χ0n) is 10.0. The fourth-order valence-corrected chi connectivity index (χ4v) is 2.82. The van der Waals surface area contributed by atoms with Crippen LogP contribution in [-0.4, -0.2) is 19.0 Å². The van der Waals surface area contributed by atoms with Gasteiger partial charge in [-0.05, 0) is 17.5 Å². The molecule has 0 aliphatic carbocycles. The molecule has 2 heterocycles. The maximum absolute atomic E-state index is 12.3. The third kappa shape index (κ3) is 2.46. The van der Waals surface area contributed by atoms with Gasteiger partial charge < -0.3 is 9.47 Å². The van der Waals surface area contributed by atoms with E-state index in [0.29, 0.717) is 40.2 Å². The van der Waals surface area contributed by atoms with Crippen LogP contribution < -0.4 is 9.47 Å². The molecule has 19 heavy (non-hydrogen) atoms. The molecule has 0 saturated carbocycles. The fraction of sp³-hybridized carbons (Fsp3) is 0.214. The van der Waals surface area contributed by atoms with Crippen LogP contribution in [0.5, 0.6) is 11.5 Å². The Kier molecular flexibility index (Phi) is 3.44. The van der Waals surface area contributed by atoms with Gasteiger partial charge in [-0.15, -0.1) is 11.3 Å². The molecule has 1 aliphatic heterocycles. The van der Waals surface area contributed by atoms with Crippen LogP contribution in [0.25, 0.3) is 0 Å². The highest BCUT2D eigenvalue weighted by molar-refractivity contribution is 7.12. The summed E-state index contributed by atoms with van der Waals surface area (Å²) in [6, 6.07) is 6.95. The van der Waals surface area contributed by atoms with Gasteiger partial charge in [-0.25, -0.2) is 0 Å². The number of rotatable bonds is 2. The largest absolute Gasteiger partial charge is 0.490 e. The SMILES string of the molecule is O=C(c1cccs1)c1cc2c(cc1Cl)OCCCO2. The van der Waals surface area contributed by atoms with Crippen molar-refractivity contribution in [2.75, 3.05) is 13.2 Å². The second kappa shape index (κ2) is 5.23. The summed E-state index contributed by atoms with van der Waals surface area (Å²) in [5, 5.41) is 2.26. The van der Waals surface area contributed by atoms with Crippen LogP contribution in [0, 0.1) is 0 Å². The first-order valence-corrected chi connectivity index (χ1v) is 7.19. The number of halogens is 1. The molecule has 1 aromatic heterocycles. The number of hydrogen-bond acceptors (Lipinski definition) is 4. The first kappa shape index (κ1) is 12.5. The molecule has 3 nitrogen and oxygen atoms in total. The number of ketones is 1. The van der Waals surface area contributed by atoms with Crippen LogP contribution in [0.3, 0.4) is 0 Å². The highest BCUT2D eigenvalue weighted by atomic mass is 35.5. The van der Waals surface area contributed by atoms with E-state index in [4.69, 9.17) is 21.1 Å². The zero-order valence-corrected chi connectivity index (χ0v) is 11.6. The Bertz CT molecular complexity index is 607. The van der Waals surface area contributed by atoms with Gasteiger partial charge in [0.05, 0.1) is 23.1 Å². The molecule has 0 atom stereocenters. The van der Waals surface area contributed by atoms with Crippen molar-refractivity contribution in [2.24, 2.45) is 0 Å². The average molecular weight is 295 g/mol. The van der Waals surface area contributed by atoms with Gasteiger partial charge in [-0.3, -0.25) is 4.79 Å². The number of ether oxygens (including phenoxy) is 2. The number of fused-ring (bicyclic) bond motifs is 1. The molecule has 2 aromatic rings. The van der Waals surface area contributed by atoms with Crippen molar-refractivity contribution in [3.8, 4) is 11.5 Å². The molecule has 0 unspecified atom stereocenters. The highest BCUT2D eigenvalue weighted by Crippen LogP contribution is 2.36. The van der Waals surface area contributed by atoms with E-state index in [2.05, 4.69) is 0 Å². The van der Waals surface area contributed by atoms with E-state index in [-0.39, 0.29) is 5.78 Å². The van der Waals surface area contributed by atoms with E-state index in [1.165, 1.54) is 11.3 Å². The summed E-state index contributed by atoms with van der Waals surface area (Å²) in [6.07, 6.45) is 0.820. The first-order chi connectivity index (χ1) is 9.25. The number of carbonyl (C=O) groups excluding carboxylic acids is 1. The summed E-state index contributed by atoms with van der Waals surface area (Å²) < 4.78 is 11.1. The van der Waals surface area contributed by atoms with Crippen molar-refractivity contribution in [1.29, 1.82) is 0 Å². The van der Waals surface area contributed by atoms with Gasteiger partial charge in [0.25, 0.3) is 0 Å². The minimum Gasteiger partial charge on any atom is -0.490 e. The molecule has 1 aliphatic rings. The van der Waals surface area contributed by atoms with Gasteiger partial charge in [-0.1, -0.05) is 17.7 Å². The van der Waals surface area contributed by atoms with Crippen LogP contribution in [0.1, 0.15) is 21.7 Å². The van der Waals surface area contributed by atoms with E-state index in [1.54, 1.807) is 18.2 Å². The highest BCUT2D eigenvalue weighted by Gasteiger charge is 2.19. The molecule has 3 rings (SSSR count). The van der Waals surface area contributed by atoms with Crippen molar-refractivity contribution in [3.05, 3.63) is 45.1 Å². The second-order valence-corrected chi connectivity index (χ2v) is 5.49. The Balaban J connectivity index is 2.02. The normalized spacial score (nSPS) is 13.9. The molecule has 0 amide bonds. The summed E-state index contributed by atoms with van der Waals surface area (Å²) in [5.41, 5.74) is 0.452. The lowest BCUT2D eigenvalue weighted by Crippen LogP contribution is -2.01. The maximum atomic E-state index is 12.3. The molecule has 98 valence electrons. The third-order valence-corrected chi connectivity index (χ3v) is 4.01. The topological polar surface area (TPSA) is 35.5 Å². The smallest absolute Gasteiger partial charge is 0.204 e. The lowest BCUT2D eigenvalue weighted by atomic mass is 10.1. The van der Waals surface area contributed by atoms with Crippen molar-refractivity contribution in [3.63, 3.8) is 0 Å². The molecule has 1 aromatic carbocycles. The van der Waals surface area contributed by atoms with Crippen LogP contribution in [0.15, 0.2) is 29.6 Å². The van der Waals surface area contributed by atoms with E-state index < -0.39 is 0 Å². The van der Waals surface area contributed by atoms with Gasteiger partial charge in [0.2, 0.25) is 5.78 Å². The lowest BCUT2D eigenvalue weighted by molar-refractivity contribution is 0.104. The monoisotopic (exact) mass is 294 g/mol. The van der Waals surface area contributed by atoms with Crippen molar-refractivity contribution in [2.45, 2.75) is 6.42 Å². The standard InChI is InChI=1S/C14H11ClO3S/c15-10-8-12-11(17-4-2-5-18-12)7-9(10)14(16)13-3-1-6-19-13/h1,3,6-8H,2,4-5H2. The Morgan fingerprint density at radius 2 is 1.95 bits per heavy atom. The molecule has 0 radical (unpaired) electrons. The fourth-order valence-electron chi connectivity index (χ4n) is 1.90. The maximum Gasteiger partial charge on any atom is 0.204 e. The van der Waals surface area contributed by atoms with Gasteiger partial charge in [0.15, 0.2) is 11.5 Å². The number of hydrogen-bond donors (Lipinski definition) is 0. The van der Waals surface area contributed by atoms with Crippen molar-refractivity contribution >= 4 is 28.7 Å². The van der Waals surface area contributed by atoms with Gasteiger partial charge in [0.1, 0.15) is 0 Å². The molecule has 0 spiro atoms. The van der Waals surface area contributed by atoms with Gasteiger partial charge >= 0.3 is 0 Å². The Morgan fingerprint density at radius 3 is 2.63 bits per heavy atom. The average Bonchev–Trinajstić information content (AvgIpc) is 2.84. The number of carbonyl (C=O) groups is 1. The zero-order chi connectivity index (χ0) is 13.2.